The van der Waals surface area contributed by atoms with Crippen LogP contribution in [0.1, 0.15) is 5.56 Å². The first-order chi connectivity index (χ1) is 11.7. The molecule has 4 aromatic rings. The van der Waals surface area contributed by atoms with Gasteiger partial charge in [-0.05, 0) is 24.3 Å². The monoisotopic (exact) mass is 356 g/mol. The first kappa shape index (κ1) is 14.9. The number of para-hydroxylation sites is 2. The molecule has 0 fully saturated rings. The van der Waals surface area contributed by atoms with E-state index in [-0.39, 0.29) is 0 Å². The average molecular weight is 357 g/mol. The minimum Gasteiger partial charge on any atom is -0.277 e. The maximum Gasteiger partial charge on any atom is 0.205 e. The number of benzene rings is 2. The number of nitrogens with one attached hydrogen (secondary N) is 1. The van der Waals surface area contributed by atoms with Crippen LogP contribution in [0.5, 0.6) is 0 Å². The van der Waals surface area contributed by atoms with Crippen LogP contribution in [0.2, 0.25) is 10.0 Å². The van der Waals surface area contributed by atoms with Gasteiger partial charge in [-0.15, -0.1) is 10.2 Å². The molecule has 0 bridgehead atoms. The molecule has 0 unspecified atom stereocenters. The number of hydrogen-bond donors (Lipinski definition) is 1. The van der Waals surface area contributed by atoms with Gasteiger partial charge in [0.05, 0.1) is 22.3 Å². The fourth-order valence-corrected chi connectivity index (χ4v) is 2.81. The zero-order valence-corrected chi connectivity index (χ0v) is 13.7. The Labute approximate surface area is 146 Å². The molecule has 0 saturated carbocycles. The predicted molar refractivity (Wildman–Crippen MR) is 96.0 cm³/mol. The van der Waals surface area contributed by atoms with Gasteiger partial charge in [0.1, 0.15) is 6.33 Å². The second kappa shape index (κ2) is 6.07. The fourth-order valence-electron chi connectivity index (χ4n) is 2.35. The van der Waals surface area contributed by atoms with Crippen LogP contribution in [0.15, 0.2) is 53.9 Å². The lowest BCUT2D eigenvalue weighted by molar-refractivity contribution is 1.11. The summed E-state index contributed by atoms with van der Waals surface area (Å²) in [5.41, 5.74) is 5.97. The Hall–Kier alpha value is -2.70. The van der Waals surface area contributed by atoms with Gasteiger partial charge < -0.3 is 0 Å². The summed E-state index contributed by atoms with van der Waals surface area (Å²) in [4.78, 5) is 4.54. The van der Waals surface area contributed by atoms with Gasteiger partial charge in [0, 0.05) is 10.6 Å². The topological polar surface area (TPSA) is 67.5 Å². The molecule has 0 aliphatic carbocycles. The molecule has 118 valence electrons. The Morgan fingerprint density at radius 3 is 2.88 bits per heavy atom. The molecule has 0 aliphatic rings. The van der Waals surface area contributed by atoms with Crippen molar-refractivity contribution in [1.29, 1.82) is 0 Å². The molecule has 0 radical (unpaired) electrons. The molecule has 0 aliphatic heterocycles. The molecule has 0 saturated heterocycles. The number of aromatic nitrogens is 4. The van der Waals surface area contributed by atoms with Crippen molar-refractivity contribution >= 4 is 51.9 Å². The highest BCUT2D eigenvalue weighted by Gasteiger charge is 2.09. The normalized spacial score (nSPS) is 11.6. The third-order valence-electron chi connectivity index (χ3n) is 3.47. The lowest BCUT2D eigenvalue weighted by Crippen LogP contribution is -2.00. The van der Waals surface area contributed by atoms with Gasteiger partial charge in [0.2, 0.25) is 5.65 Å². The van der Waals surface area contributed by atoms with Crippen LogP contribution < -0.4 is 5.43 Å². The van der Waals surface area contributed by atoms with E-state index in [0.717, 1.165) is 16.6 Å². The summed E-state index contributed by atoms with van der Waals surface area (Å²) < 4.78 is 1.86. The van der Waals surface area contributed by atoms with Crippen molar-refractivity contribution in [3.05, 3.63) is 64.4 Å². The SMILES string of the molecule is Clc1ccc(/C=N\Nc2nc3ccccc3n3cnnc23)c(Cl)c1. The zero-order chi connectivity index (χ0) is 16.5. The van der Waals surface area contributed by atoms with E-state index in [2.05, 4.69) is 25.7 Å². The van der Waals surface area contributed by atoms with E-state index in [1.807, 2.05) is 28.7 Å². The number of nitrogens with zero attached hydrogens (tertiary/aromatic N) is 5. The first-order valence-electron chi connectivity index (χ1n) is 7.05. The van der Waals surface area contributed by atoms with Crippen LogP contribution in [-0.2, 0) is 0 Å². The Morgan fingerprint density at radius 1 is 1.12 bits per heavy atom. The summed E-state index contributed by atoms with van der Waals surface area (Å²) in [6.45, 7) is 0. The number of hydrogen-bond acceptors (Lipinski definition) is 5. The molecule has 1 N–H and O–H groups in total. The average Bonchev–Trinajstić information content (AvgIpc) is 3.07. The zero-order valence-electron chi connectivity index (χ0n) is 12.2. The first-order valence-corrected chi connectivity index (χ1v) is 7.80. The summed E-state index contributed by atoms with van der Waals surface area (Å²) in [7, 11) is 0. The van der Waals surface area contributed by atoms with Gasteiger partial charge >= 0.3 is 0 Å². The molecular formula is C16H10Cl2N6. The minimum atomic E-state index is 0.507. The Morgan fingerprint density at radius 2 is 2.00 bits per heavy atom. The van der Waals surface area contributed by atoms with E-state index >= 15 is 0 Å². The molecule has 24 heavy (non-hydrogen) atoms. The molecule has 0 amide bonds. The predicted octanol–water partition coefficient (Wildman–Crippen LogP) is 4.03. The molecule has 2 heterocycles. The van der Waals surface area contributed by atoms with Gasteiger partial charge in [-0.3, -0.25) is 9.83 Å². The molecule has 0 spiro atoms. The van der Waals surface area contributed by atoms with E-state index in [9.17, 15) is 0 Å². The minimum absolute atomic E-state index is 0.507. The third kappa shape index (κ3) is 2.66. The van der Waals surface area contributed by atoms with E-state index < -0.39 is 0 Å². The molecule has 6 nitrogen and oxygen atoms in total. The lowest BCUT2D eigenvalue weighted by Gasteiger charge is -2.05. The fraction of sp³-hybridized carbons (Fsp3) is 0. The summed E-state index contributed by atoms with van der Waals surface area (Å²) in [5.74, 6) is 0.507. The van der Waals surface area contributed by atoms with E-state index in [0.29, 0.717) is 21.5 Å². The summed E-state index contributed by atoms with van der Waals surface area (Å²) >= 11 is 12.0. The summed E-state index contributed by atoms with van der Waals surface area (Å²) in [6.07, 6.45) is 3.24. The standard InChI is InChI=1S/C16H10Cl2N6/c17-11-6-5-10(12(18)7-11)8-19-22-15-16-23-20-9-24(16)14-4-2-1-3-13(14)21-15/h1-9H,(H,21,22)/b19-8-. The van der Waals surface area contributed by atoms with Crippen LogP contribution >= 0.6 is 23.2 Å². The molecule has 4 rings (SSSR count). The van der Waals surface area contributed by atoms with Gasteiger partial charge in [0.15, 0.2) is 5.82 Å². The summed E-state index contributed by atoms with van der Waals surface area (Å²) in [6, 6.07) is 12.9. The molecule has 0 atom stereocenters. The van der Waals surface area contributed by atoms with Crippen molar-refractivity contribution in [2.75, 3.05) is 5.43 Å². The smallest absolute Gasteiger partial charge is 0.205 e. The number of halogens is 2. The van der Waals surface area contributed by atoms with Crippen LogP contribution in [0.3, 0.4) is 0 Å². The van der Waals surface area contributed by atoms with Gasteiger partial charge in [-0.25, -0.2) is 4.98 Å². The van der Waals surface area contributed by atoms with Gasteiger partial charge in [-0.2, -0.15) is 5.10 Å². The quantitative estimate of drug-likeness (QED) is 0.444. The molecule has 2 aromatic heterocycles. The highest BCUT2D eigenvalue weighted by atomic mass is 35.5. The largest absolute Gasteiger partial charge is 0.277 e. The Kier molecular flexibility index (Phi) is 3.76. The number of anilines is 1. The van der Waals surface area contributed by atoms with Crippen LogP contribution in [-0.4, -0.2) is 25.8 Å². The van der Waals surface area contributed by atoms with Gasteiger partial charge in [0.25, 0.3) is 0 Å². The lowest BCUT2D eigenvalue weighted by atomic mass is 10.2. The van der Waals surface area contributed by atoms with Crippen molar-refractivity contribution in [1.82, 2.24) is 19.6 Å². The summed E-state index contributed by atoms with van der Waals surface area (Å²) in [5, 5.41) is 13.3. The van der Waals surface area contributed by atoms with Crippen LogP contribution in [0.4, 0.5) is 5.82 Å². The van der Waals surface area contributed by atoms with Crippen molar-refractivity contribution in [2.45, 2.75) is 0 Å². The number of rotatable bonds is 3. The third-order valence-corrected chi connectivity index (χ3v) is 4.03. The van der Waals surface area contributed by atoms with Crippen molar-refractivity contribution in [3.63, 3.8) is 0 Å². The second-order valence-corrected chi connectivity index (χ2v) is 5.85. The highest BCUT2D eigenvalue weighted by molar-refractivity contribution is 6.36. The number of hydrazone groups is 1. The maximum atomic E-state index is 6.12. The molecule has 2 aromatic carbocycles. The maximum absolute atomic E-state index is 6.12. The van der Waals surface area contributed by atoms with E-state index in [1.54, 1.807) is 30.7 Å². The van der Waals surface area contributed by atoms with Crippen molar-refractivity contribution < 1.29 is 0 Å². The van der Waals surface area contributed by atoms with Crippen LogP contribution in [0.25, 0.3) is 16.7 Å². The molecule has 8 heteroatoms. The van der Waals surface area contributed by atoms with Crippen molar-refractivity contribution in [3.8, 4) is 0 Å². The Bertz CT molecular complexity index is 1070. The number of fused-ring (bicyclic) bond motifs is 3. The van der Waals surface area contributed by atoms with Crippen LogP contribution in [0, 0.1) is 0 Å². The second-order valence-electron chi connectivity index (χ2n) is 5.01. The Balaban J connectivity index is 1.71. The molecular weight excluding hydrogens is 347 g/mol. The van der Waals surface area contributed by atoms with E-state index in [1.165, 1.54) is 0 Å². The van der Waals surface area contributed by atoms with Crippen molar-refractivity contribution in [2.24, 2.45) is 5.10 Å². The van der Waals surface area contributed by atoms with E-state index in [4.69, 9.17) is 23.2 Å². The van der Waals surface area contributed by atoms with Gasteiger partial charge in [-0.1, -0.05) is 41.4 Å². The highest BCUT2D eigenvalue weighted by Crippen LogP contribution is 2.21.